The number of nitriles is 1. The lowest BCUT2D eigenvalue weighted by Crippen LogP contribution is -1.96. The zero-order chi connectivity index (χ0) is 10.4. The summed E-state index contributed by atoms with van der Waals surface area (Å²) in [6, 6.07) is 3.94. The van der Waals surface area contributed by atoms with Crippen LogP contribution in [0.5, 0.6) is 0 Å². The molecule has 0 saturated carbocycles. The Hall–Kier alpha value is -1.01. The Morgan fingerprint density at radius 1 is 1.64 bits per heavy atom. The minimum absolute atomic E-state index is 0.687. The molecule has 1 aromatic rings. The summed E-state index contributed by atoms with van der Waals surface area (Å²) in [4.78, 5) is 5.02. The van der Waals surface area contributed by atoms with E-state index in [9.17, 15) is 0 Å². The van der Waals surface area contributed by atoms with Crippen molar-refractivity contribution in [3.05, 3.63) is 24.0 Å². The summed E-state index contributed by atoms with van der Waals surface area (Å²) in [6.45, 7) is 4.40. The van der Waals surface area contributed by atoms with E-state index in [2.05, 4.69) is 24.9 Å². The lowest BCUT2D eigenvalue weighted by atomic mass is 10.2. The molecule has 1 atom stereocenters. The third-order valence-corrected chi connectivity index (χ3v) is 3.50. The molecule has 2 nitrogen and oxygen atoms in total. The molecule has 14 heavy (non-hydrogen) atoms. The Labute approximate surface area is 89.4 Å². The normalized spacial score (nSPS) is 12.1. The van der Waals surface area contributed by atoms with E-state index >= 15 is 0 Å². The molecule has 0 bridgehead atoms. The molecular formula is C11H14N2S. The van der Waals surface area contributed by atoms with Gasteiger partial charge in [-0.1, -0.05) is 20.3 Å². The lowest BCUT2D eigenvalue weighted by Gasteiger charge is -2.07. The van der Waals surface area contributed by atoms with E-state index in [0.717, 1.165) is 16.2 Å². The van der Waals surface area contributed by atoms with Crippen molar-refractivity contribution in [1.82, 2.24) is 4.98 Å². The third-order valence-electron chi connectivity index (χ3n) is 2.13. The lowest BCUT2D eigenvalue weighted by molar-refractivity contribution is 0.637. The second-order valence-electron chi connectivity index (χ2n) is 3.31. The molecular weight excluding hydrogens is 192 g/mol. The van der Waals surface area contributed by atoms with Gasteiger partial charge in [0.1, 0.15) is 6.07 Å². The van der Waals surface area contributed by atoms with Gasteiger partial charge < -0.3 is 0 Å². The highest BCUT2D eigenvalue weighted by atomic mass is 32.2. The zero-order valence-electron chi connectivity index (χ0n) is 8.53. The fourth-order valence-corrected chi connectivity index (χ4v) is 2.04. The first kappa shape index (κ1) is 11.1. The van der Waals surface area contributed by atoms with Crippen LogP contribution in [0.1, 0.15) is 25.8 Å². The van der Waals surface area contributed by atoms with Crippen molar-refractivity contribution >= 4 is 11.8 Å². The number of nitrogens with zero attached hydrogens (tertiary/aromatic N) is 2. The third kappa shape index (κ3) is 3.04. The Kier molecular flexibility index (Phi) is 4.48. The number of hydrogen-bond acceptors (Lipinski definition) is 3. The van der Waals surface area contributed by atoms with Crippen LogP contribution in [0.3, 0.4) is 0 Å². The van der Waals surface area contributed by atoms with Crippen LogP contribution in [0.15, 0.2) is 23.4 Å². The van der Waals surface area contributed by atoms with Crippen LogP contribution in [0.25, 0.3) is 0 Å². The fraction of sp³-hybridized carbons (Fsp3) is 0.455. The van der Waals surface area contributed by atoms with E-state index in [-0.39, 0.29) is 0 Å². The average molecular weight is 206 g/mol. The second kappa shape index (κ2) is 5.66. The topological polar surface area (TPSA) is 36.7 Å². The molecule has 1 rings (SSSR count). The van der Waals surface area contributed by atoms with Crippen LogP contribution in [0.2, 0.25) is 0 Å². The highest BCUT2D eigenvalue weighted by molar-refractivity contribution is 7.99. The Morgan fingerprint density at radius 2 is 2.43 bits per heavy atom. The van der Waals surface area contributed by atoms with Crippen molar-refractivity contribution in [2.75, 3.05) is 5.75 Å². The number of rotatable bonds is 4. The first-order valence-electron chi connectivity index (χ1n) is 4.74. The molecule has 1 heterocycles. The first-order chi connectivity index (χ1) is 6.77. The van der Waals surface area contributed by atoms with Crippen molar-refractivity contribution in [1.29, 1.82) is 5.26 Å². The molecule has 0 amide bonds. The molecule has 0 aliphatic carbocycles. The van der Waals surface area contributed by atoms with E-state index in [4.69, 9.17) is 5.26 Å². The Balaban J connectivity index is 2.63. The predicted octanol–water partition coefficient (Wildman–Crippen LogP) is 3.09. The maximum absolute atomic E-state index is 8.85. The minimum Gasteiger partial charge on any atom is -0.263 e. The Bertz CT molecular complexity index is 330. The predicted molar refractivity (Wildman–Crippen MR) is 59.1 cm³/mol. The molecule has 0 spiro atoms. The van der Waals surface area contributed by atoms with Crippen LogP contribution < -0.4 is 0 Å². The van der Waals surface area contributed by atoms with Crippen LogP contribution in [0, 0.1) is 17.2 Å². The molecule has 3 heteroatoms. The maximum Gasteiger partial charge on any atom is 0.100 e. The number of aromatic nitrogens is 1. The zero-order valence-corrected chi connectivity index (χ0v) is 9.34. The monoisotopic (exact) mass is 206 g/mol. The smallest absolute Gasteiger partial charge is 0.100 e. The molecule has 1 unspecified atom stereocenters. The van der Waals surface area contributed by atoms with Gasteiger partial charge in [0.25, 0.3) is 0 Å². The fourth-order valence-electron chi connectivity index (χ4n) is 0.937. The largest absolute Gasteiger partial charge is 0.263 e. The molecule has 0 aliphatic rings. The summed E-state index contributed by atoms with van der Waals surface area (Å²) in [5.74, 6) is 1.74. The Morgan fingerprint density at radius 3 is 3.07 bits per heavy atom. The van der Waals surface area contributed by atoms with Crippen molar-refractivity contribution in [3.63, 3.8) is 0 Å². The van der Waals surface area contributed by atoms with Crippen LogP contribution in [0.4, 0.5) is 0 Å². The SMILES string of the molecule is CCC(C)CSc1cnccc1C#N. The van der Waals surface area contributed by atoms with Gasteiger partial charge in [0.2, 0.25) is 0 Å². The van der Waals surface area contributed by atoms with Crippen molar-refractivity contribution in [2.24, 2.45) is 5.92 Å². The van der Waals surface area contributed by atoms with Crippen molar-refractivity contribution in [2.45, 2.75) is 25.2 Å². The molecule has 74 valence electrons. The molecule has 0 aromatic carbocycles. The van der Waals surface area contributed by atoms with Crippen LogP contribution in [-0.4, -0.2) is 10.7 Å². The van der Waals surface area contributed by atoms with Crippen LogP contribution >= 0.6 is 11.8 Å². The summed E-state index contributed by atoms with van der Waals surface area (Å²) in [5, 5.41) is 8.85. The van der Waals surface area contributed by atoms with Gasteiger partial charge in [0.15, 0.2) is 0 Å². The van der Waals surface area contributed by atoms with Gasteiger partial charge >= 0.3 is 0 Å². The van der Waals surface area contributed by atoms with Gasteiger partial charge in [-0.05, 0) is 12.0 Å². The number of pyridine rings is 1. The summed E-state index contributed by atoms with van der Waals surface area (Å²) in [7, 11) is 0. The summed E-state index contributed by atoms with van der Waals surface area (Å²) in [6.07, 6.45) is 4.60. The van der Waals surface area contributed by atoms with Crippen molar-refractivity contribution < 1.29 is 0 Å². The quantitative estimate of drug-likeness (QED) is 0.710. The summed E-state index contributed by atoms with van der Waals surface area (Å²) in [5.41, 5.74) is 0.730. The first-order valence-corrected chi connectivity index (χ1v) is 5.73. The highest BCUT2D eigenvalue weighted by Gasteiger charge is 2.04. The summed E-state index contributed by atoms with van der Waals surface area (Å²) >= 11 is 1.72. The maximum atomic E-state index is 8.85. The molecule has 0 fully saturated rings. The highest BCUT2D eigenvalue weighted by Crippen LogP contribution is 2.23. The van der Waals surface area contributed by atoms with Gasteiger partial charge in [-0.2, -0.15) is 5.26 Å². The van der Waals surface area contributed by atoms with E-state index in [0.29, 0.717) is 5.92 Å². The molecule has 0 aliphatic heterocycles. The summed E-state index contributed by atoms with van der Waals surface area (Å²) < 4.78 is 0. The van der Waals surface area contributed by atoms with Gasteiger partial charge in [-0.3, -0.25) is 4.98 Å². The van der Waals surface area contributed by atoms with Gasteiger partial charge in [-0.15, -0.1) is 11.8 Å². The van der Waals surface area contributed by atoms with E-state index in [1.54, 1.807) is 30.2 Å². The van der Waals surface area contributed by atoms with Crippen molar-refractivity contribution in [3.8, 4) is 6.07 Å². The van der Waals surface area contributed by atoms with E-state index in [1.807, 2.05) is 0 Å². The number of thioether (sulfide) groups is 1. The number of hydrogen-bond donors (Lipinski definition) is 0. The van der Waals surface area contributed by atoms with Gasteiger partial charge in [0.05, 0.1) is 5.56 Å². The average Bonchev–Trinajstić information content (AvgIpc) is 2.26. The standard InChI is InChI=1S/C11H14N2S/c1-3-9(2)8-14-11-7-13-5-4-10(11)6-12/h4-5,7,9H,3,8H2,1-2H3. The molecule has 0 N–H and O–H groups in total. The molecule has 0 saturated heterocycles. The molecule has 1 aromatic heterocycles. The van der Waals surface area contributed by atoms with Crippen LogP contribution in [-0.2, 0) is 0 Å². The molecule has 0 radical (unpaired) electrons. The second-order valence-corrected chi connectivity index (χ2v) is 4.37. The van der Waals surface area contributed by atoms with Gasteiger partial charge in [-0.25, -0.2) is 0 Å². The van der Waals surface area contributed by atoms with E-state index < -0.39 is 0 Å². The minimum atomic E-state index is 0.687. The van der Waals surface area contributed by atoms with Gasteiger partial charge in [0, 0.05) is 23.0 Å². The van der Waals surface area contributed by atoms with E-state index in [1.165, 1.54) is 6.42 Å².